The molecule has 1 rings (SSSR count). The molecular formula is C13H18FNO2. The van der Waals surface area contributed by atoms with Crippen LogP contribution in [0.25, 0.3) is 0 Å². The summed E-state index contributed by atoms with van der Waals surface area (Å²) in [7, 11) is 3.44. The van der Waals surface area contributed by atoms with Crippen molar-refractivity contribution in [3.63, 3.8) is 0 Å². The Morgan fingerprint density at radius 3 is 2.71 bits per heavy atom. The first-order valence-electron chi connectivity index (χ1n) is 5.50. The van der Waals surface area contributed by atoms with Gasteiger partial charge >= 0.3 is 0 Å². The van der Waals surface area contributed by atoms with Crippen molar-refractivity contribution >= 4 is 11.5 Å². The van der Waals surface area contributed by atoms with E-state index in [1.165, 1.54) is 13.0 Å². The molecule has 0 aliphatic carbocycles. The summed E-state index contributed by atoms with van der Waals surface area (Å²) in [5.41, 5.74) is 0.736. The van der Waals surface area contributed by atoms with Gasteiger partial charge in [0.25, 0.3) is 0 Å². The van der Waals surface area contributed by atoms with Gasteiger partial charge in [-0.3, -0.25) is 4.79 Å². The number of likely N-dealkylation sites (N-methyl/N-ethyl adjacent to an activating group) is 1. The summed E-state index contributed by atoms with van der Waals surface area (Å²) in [4.78, 5) is 13.3. The smallest absolute Gasteiger partial charge is 0.164 e. The largest absolute Gasteiger partial charge is 0.383 e. The number of anilines is 1. The van der Waals surface area contributed by atoms with Crippen LogP contribution in [-0.4, -0.2) is 32.6 Å². The Labute approximate surface area is 101 Å². The number of hydrogen-bond donors (Lipinski definition) is 0. The molecule has 0 bridgehead atoms. The summed E-state index contributed by atoms with van der Waals surface area (Å²) >= 11 is 0. The van der Waals surface area contributed by atoms with Crippen LogP contribution in [0, 0.1) is 5.82 Å². The molecule has 0 N–H and O–H groups in total. The second-order valence-corrected chi connectivity index (χ2v) is 4.11. The highest BCUT2D eigenvalue weighted by atomic mass is 19.1. The molecule has 0 fully saturated rings. The summed E-state index contributed by atoms with van der Waals surface area (Å²) in [6, 6.07) is 4.72. The van der Waals surface area contributed by atoms with Gasteiger partial charge in [-0.2, -0.15) is 0 Å². The Bertz CT molecular complexity index is 406. The minimum Gasteiger partial charge on any atom is -0.383 e. The molecule has 0 aliphatic rings. The van der Waals surface area contributed by atoms with Gasteiger partial charge in [0.15, 0.2) is 5.78 Å². The maximum absolute atomic E-state index is 13.6. The number of ketones is 1. The average Bonchev–Trinajstić information content (AvgIpc) is 2.27. The van der Waals surface area contributed by atoms with Crippen molar-refractivity contribution in [2.24, 2.45) is 0 Å². The third kappa shape index (κ3) is 3.03. The van der Waals surface area contributed by atoms with E-state index in [1.807, 2.05) is 18.9 Å². The topological polar surface area (TPSA) is 29.5 Å². The van der Waals surface area contributed by atoms with Crippen LogP contribution in [0.1, 0.15) is 24.2 Å². The molecule has 1 aromatic rings. The van der Waals surface area contributed by atoms with E-state index in [9.17, 15) is 9.18 Å². The molecule has 0 heterocycles. The fourth-order valence-electron chi connectivity index (χ4n) is 1.75. The number of Topliss-reactive ketones (excluding diaryl/α,β-unsaturated/α-hetero) is 1. The van der Waals surface area contributed by atoms with Gasteiger partial charge in [-0.25, -0.2) is 4.39 Å². The van der Waals surface area contributed by atoms with Gasteiger partial charge in [0.1, 0.15) is 5.82 Å². The number of halogens is 1. The summed E-state index contributed by atoms with van der Waals surface area (Å²) in [6.07, 6.45) is 0. The number of carbonyl (C=O) groups excluding carboxylic acids is 1. The van der Waals surface area contributed by atoms with Crippen LogP contribution >= 0.6 is 0 Å². The van der Waals surface area contributed by atoms with Crippen molar-refractivity contribution in [3.05, 3.63) is 29.6 Å². The van der Waals surface area contributed by atoms with Crippen molar-refractivity contribution in [2.45, 2.75) is 19.9 Å². The standard InChI is InChI=1S/C13H18FNO2/c1-9(8-17-4)15(3)12-7-5-6-11(14)13(12)10(2)16/h5-7,9H,8H2,1-4H3. The van der Waals surface area contributed by atoms with Crippen LogP contribution in [0.3, 0.4) is 0 Å². The zero-order chi connectivity index (χ0) is 13.0. The Morgan fingerprint density at radius 2 is 2.18 bits per heavy atom. The zero-order valence-electron chi connectivity index (χ0n) is 10.7. The maximum Gasteiger partial charge on any atom is 0.164 e. The minimum absolute atomic E-state index is 0.0694. The van der Waals surface area contributed by atoms with Crippen molar-refractivity contribution in [2.75, 3.05) is 25.7 Å². The number of ether oxygens (including phenoxy) is 1. The van der Waals surface area contributed by atoms with Gasteiger partial charge in [0.2, 0.25) is 0 Å². The Kier molecular flexibility index (Phi) is 4.63. The van der Waals surface area contributed by atoms with E-state index >= 15 is 0 Å². The van der Waals surface area contributed by atoms with Crippen molar-refractivity contribution in [3.8, 4) is 0 Å². The van der Waals surface area contributed by atoms with Crippen LogP contribution in [0.2, 0.25) is 0 Å². The minimum atomic E-state index is -0.480. The van der Waals surface area contributed by atoms with Crippen molar-refractivity contribution in [1.82, 2.24) is 0 Å². The van der Waals surface area contributed by atoms with Gasteiger partial charge in [0.05, 0.1) is 17.9 Å². The number of hydrogen-bond acceptors (Lipinski definition) is 3. The fraction of sp³-hybridized carbons (Fsp3) is 0.462. The highest BCUT2D eigenvalue weighted by Gasteiger charge is 2.18. The second kappa shape index (κ2) is 5.77. The number of benzene rings is 1. The molecule has 1 aromatic carbocycles. The third-order valence-electron chi connectivity index (χ3n) is 2.79. The van der Waals surface area contributed by atoms with E-state index in [-0.39, 0.29) is 17.4 Å². The first-order chi connectivity index (χ1) is 7.99. The van der Waals surface area contributed by atoms with Gasteiger partial charge in [0, 0.05) is 20.2 Å². The van der Waals surface area contributed by atoms with E-state index < -0.39 is 5.82 Å². The van der Waals surface area contributed by atoms with Crippen LogP contribution in [-0.2, 0) is 4.74 Å². The summed E-state index contributed by atoms with van der Waals surface area (Å²) < 4.78 is 18.7. The lowest BCUT2D eigenvalue weighted by Gasteiger charge is -2.28. The fourth-order valence-corrected chi connectivity index (χ4v) is 1.75. The molecule has 1 atom stereocenters. The number of carbonyl (C=O) groups is 1. The summed E-state index contributed by atoms with van der Waals surface area (Å²) in [5.74, 6) is -0.749. The highest BCUT2D eigenvalue weighted by molar-refractivity contribution is 6.00. The molecule has 3 nitrogen and oxygen atoms in total. The second-order valence-electron chi connectivity index (χ2n) is 4.11. The van der Waals surface area contributed by atoms with E-state index in [0.29, 0.717) is 12.3 Å². The van der Waals surface area contributed by atoms with E-state index in [4.69, 9.17) is 4.74 Å². The molecule has 0 radical (unpaired) electrons. The van der Waals surface area contributed by atoms with Gasteiger partial charge < -0.3 is 9.64 Å². The van der Waals surface area contributed by atoms with Crippen molar-refractivity contribution < 1.29 is 13.9 Å². The van der Waals surface area contributed by atoms with Crippen LogP contribution in [0.5, 0.6) is 0 Å². The zero-order valence-corrected chi connectivity index (χ0v) is 10.7. The molecule has 0 aromatic heterocycles. The summed E-state index contributed by atoms with van der Waals surface area (Å²) in [5, 5.41) is 0. The molecule has 94 valence electrons. The normalized spacial score (nSPS) is 12.3. The molecule has 0 saturated carbocycles. The van der Waals surface area contributed by atoms with Gasteiger partial charge in [-0.1, -0.05) is 6.07 Å². The SMILES string of the molecule is COCC(C)N(C)c1cccc(F)c1C(C)=O. The maximum atomic E-state index is 13.6. The lowest BCUT2D eigenvalue weighted by molar-refractivity contribution is 0.101. The first-order valence-corrected chi connectivity index (χ1v) is 5.50. The third-order valence-corrected chi connectivity index (χ3v) is 2.79. The number of nitrogens with zero attached hydrogens (tertiary/aromatic N) is 1. The van der Waals surface area contributed by atoms with E-state index in [0.717, 1.165) is 0 Å². The number of rotatable bonds is 5. The molecule has 0 spiro atoms. The molecule has 0 saturated heterocycles. The van der Waals surface area contributed by atoms with E-state index in [2.05, 4.69) is 0 Å². The predicted octanol–water partition coefficient (Wildman–Crippen LogP) is 2.50. The van der Waals surface area contributed by atoms with E-state index in [1.54, 1.807) is 19.2 Å². The molecule has 17 heavy (non-hydrogen) atoms. The molecule has 4 heteroatoms. The first kappa shape index (κ1) is 13.6. The highest BCUT2D eigenvalue weighted by Crippen LogP contribution is 2.24. The quantitative estimate of drug-likeness (QED) is 0.739. The molecule has 0 aliphatic heterocycles. The molecule has 0 amide bonds. The predicted molar refractivity (Wildman–Crippen MR) is 66.1 cm³/mol. The van der Waals surface area contributed by atoms with Gasteiger partial charge in [-0.15, -0.1) is 0 Å². The van der Waals surface area contributed by atoms with Gasteiger partial charge in [-0.05, 0) is 26.0 Å². The Balaban J connectivity index is 3.13. The lowest BCUT2D eigenvalue weighted by atomic mass is 10.1. The van der Waals surface area contributed by atoms with Crippen LogP contribution in [0.4, 0.5) is 10.1 Å². The van der Waals surface area contributed by atoms with Crippen molar-refractivity contribution in [1.29, 1.82) is 0 Å². The Morgan fingerprint density at radius 1 is 1.53 bits per heavy atom. The molecule has 1 unspecified atom stereocenters. The monoisotopic (exact) mass is 239 g/mol. The Hall–Kier alpha value is -1.42. The summed E-state index contributed by atoms with van der Waals surface area (Å²) in [6.45, 7) is 3.85. The van der Waals surface area contributed by atoms with Crippen LogP contribution < -0.4 is 4.90 Å². The van der Waals surface area contributed by atoms with Crippen LogP contribution in [0.15, 0.2) is 18.2 Å². The average molecular weight is 239 g/mol. The lowest BCUT2D eigenvalue weighted by Crippen LogP contribution is -2.33. The number of methoxy groups -OCH3 is 1. The molecular weight excluding hydrogens is 221 g/mol.